The maximum absolute atomic E-state index is 13.4. The van der Waals surface area contributed by atoms with Crippen LogP contribution in [0.2, 0.25) is 0 Å². The highest BCUT2D eigenvalue weighted by Crippen LogP contribution is 2.27. The van der Waals surface area contributed by atoms with E-state index in [2.05, 4.69) is 10.6 Å². The number of halogens is 1. The van der Waals surface area contributed by atoms with Crippen LogP contribution in [0.4, 0.5) is 4.39 Å². The molecule has 0 aliphatic heterocycles. The lowest BCUT2D eigenvalue weighted by Crippen LogP contribution is -2.30. The van der Waals surface area contributed by atoms with Crippen LogP contribution in [0, 0.1) is 11.7 Å². The highest BCUT2D eigenvalue weighted by Gasteiger charge is 2.21. The van der Waals surface area contributed by atoms with Crippen molar-refractivity contribution in [2.45, 2.75) is 26.3 Å². The van der Waals surface area contributed by atoms with Crippen molar-refractivity contribution in [1.82, 2.24) is 10.6 Å². The number of carbonyl (C=O) groups excluding carboxylic acids is 1. The highest BCUT2D eigenvalue weighted by molar-refractivity contribution is 5.77. The molecule has 0 radical (unpaired) electrons. The van der Waals surface area contributed by atoms with Gasteiger partial charge in [0.2, 0.25) is 0 Å². The Hall–Kier alpha value is -1.62. The molecule has 1 fully saturated rings. The fourth-order valence-electron chi connectivity index (χ4n) is 1.86. The molecule has 2 N–H and O–H groups in total. The molecule has 20 heavy (non-hydrogen) atoms. The topological polar surface area (TPSA) is 50.4 Å². The van der Waals surface area contributed by atoms with Crippen LogP contribution in [0.1, 0.15) is 25.3 Å². The smallest absolute Gasteiger partial charge is 0.257 e. The Morgan fingerprint density at radius 2 is 2.20 bits per heavy atom. The lowest BCUT2D eigenvalue weighted by molar-refractivity contribution is -0.123. The number of hydrogen-bond acceptors (Lipinski definition) is 3. The van der Waals surface area contributed by atoms with Crippen LogP contribution in [0.25, 0.3) is 0 Å². The summed E-state index contributed by atoms with van der Waals surface area (Å²) in [6.45, 7) is 4.03. The van der Waals surface area contributed by atoms with Crippen LogP contribution in [0.3, 0.4) is 0 Å². The van der Waals surface area contributed by atoms with Gasteiger partial charge in [0, 0.05) is 19.2 Å². The molecule has 110 valence electrons. The lowest BCUT2D eigenvalue weighted by Gasteiger charge is -2.09. The third kappa shape index (κ3) is 5.17. The summed E-state index contributed by atoms with van der Waals surface area (Å²) >= 11 is 0. The second-order valence-electron chi connectivity index (χ2n) is 5.11. The molecular weight excluding hydrogens is 259 g/mol. The van der Waals surface area contributed by atoms with E-state index in [0.29, 0.717) is 18.2 Å². The Kier molecular flexibility index (Phi) is 5.35. The molecule has 0 bridgehead atoms. The number of amides is 1. The average Bonchev–Trinajstić information content (AvgIpc) is 3.24. The van der Waals surface area contributed by atoms with E-state index in [-0.39, 0.29) is 18.3 Å². The molecule has 1 aromatic rings. The monoisotopic (exact) mass is 280 g/mol. The van der Waals surface area contributed by atoms with Gasteiger partial charge in [-0.15, -0.1) is 0 Å². The predicted octanol–water partition coefficient (Wildman–Crippen LogP) is 1.84. The first kappa shape index (κ1) is 14.8. The average molecular weight is 280 g/mol. The molecule has 0 spiro atoms. The van der Waals surface area contributed by atoms with Crippen LogP contribution in [0.15, 0.2) is 18.2 Å². The van der Waals surface area contributed by atoms with Gasteiger partial charge in [-0.25, -0.2) is 4.39 Å². The van der Waals surface area contributed by atoms with E-state index in [1.807, 2.05) is 6.92 Å². The first-order chi connectivity index (χ1) is 9.67. The van der Waals surface area contributed by atoms with Gasteiger partial charge in [-0.3, -0.25) is 4.79 Å². The summed E-state index contributed by atoms with van der Waals surface area (Å²) in [5.41, 5.74) is 0.806. The summed E-state index contributed by atoms with van der Waals surface area (Å²) in [4.78, 5) is 11.5. The number of hydrogen-bond donors (Lipinski definition) is 2. The minimum atomic E-state index is -0.353. The molecule has 1 aromatic carbocycles. The standard InChI is InChI=1S/C15H21FN2O2/c1-2-17-8-12-5-13(16)7-14(6-12)20-10-15(19)18-9-11-3-4-11/h5-7,11,17H,2-4,8-10H2,1H3,(H,18,19). The van der Waals surface area contributed by atoms with Gasteiger partial charge in [0.05, 0.1) is 0 Å². The summed E-state index contributed by atoms with van der Waals surface area (Å²) in [6.07, 6.45) is 2.39. The highest BCUT2D eigenvalue weighted by atomic mass is 19.1. The molecule has 1 aliphatic carbocycles. The van der Waals surface area contributed by atoms with Gasteiger partial charge in [-0.2, -0.15) is 0 Å². The van der Waals surface area contributed by atoms with E-state index in [1.54, 1.807) is 6.07 Å². The summed E-state index contributed by atoms with van der Waals surface area (Å²) in [5, 5.41) is 5.93. The third-order valence-corrected chi connectivity index (χ3v) is 3.16. The molecule has 5 heteroatoms. The molecule has 4 nitrogen and oxygen atoms in total. The normalized spacial score (nSPS) is 14.1. The molecular formula is C15H21FN2O2. The van der Waals surface area contributed by atoms with Gasteiger partial charge in [0.25, 0.3) is 5.91 Å². The molecule has 1 aliphatic rings. The van der Waals surface area contributed by atoms with Crippen molar-refractivity contribution >= 4 is 5.91 Å². The van der Waals surface area contributed by atoms with Crippen molar-refractivity contribution in [3.63, 3.8) is 0 Å². The number of nitrogens with one attached hydrogen (secondary N) is 2. The van der Waals surface area contributed by atoms with Crippen molar-refractivity contribution in [2.24, 2.45) is 5.92 Å². The van der Waals surface area contributed by atoms with Gasteiger partial charge in [-0.05, 0) is 43.0 Å². The molecule has 0 aromatic heterocycles. The van der Waals surface area contributed by atoms with Crippen molar-refractivity contribution < 1.29 is 13.9 Å². The Labute approximate surface area is 118 Å². The van der Waals surface area contributed by atoms with Crippen LogP contribution < -0.4 is 15.4 Å². The summed E-state index contributed by atoms with van der Waals surface area (Å²) < 4.78 is 18.8. The maximum Gasteiger partial charge on any atom is 0.257 e. The number of ether oxygens (including phenoxy) is 1. The van der Waals surface area contributed by atoms with E-state index in [0.717, 1.165) is 18.7 Å². The van der Waals surface area contributed by atoms with Gasteiger partial charge < -0.3 is 15.4 Å². The Balaban J connectivity index is 1.81. The summed E-state index contributed by atoms with van der Waals surface area (Å²) in [5.74, 6) is 0.516. The maximum atomic E-state index is 13.4. The lowest BCUT2D eigenvalue weighted by atomic mass is 10.2. The van der Waals surface area contributed by atoms with E-state index in [9.17, 15) is 9.18 Å². The predicted molar refractivity (Wildman–Crippen MR) is 75.0 cm³/mol. The second-order valence-corrected chi connectivity index (χ2v) is 5.11. The molecule has 1 amide bonds. The number of carbonyl (C=O) groups is 1. The fraction of sp³-hybridized carbons (Fsp3) is 0.533. The Morgan fingerprint density at radius 1 is 1.40 bits per heavy atom. The SMILES string of the molecule is CCNCc1cc(F)cc(OCC(=O)NCC2CC2)c1. The minimum absolute atomic E-state index is 0.0726. The van der Waals surface area contributed by atoms with Gasteiger partial charge >= 0.3 is 0 Å². The van der Waals surface area contributed by atoms with Gasteiger partial charge in [0.15, 0.2) is 6.61 Å². The number of rotatable bonds is 8. The van der Waals surface area contributed by atoms with Crippen LogP contribution in [0.5, 0.6) is 5.75 Å². The third-order valence-electron chi connectivity index (χ3n) is 3.16. The largest absolute Gasteiger partial charge is 0.484 e. The molecule has 0 atom stereocenters. The first-order valence-electron chi connectivity index (χ1n) is 7.07. The Morgan fingerprint density at radius 3 is 2.90 bits per heavy atom. The summed E-state index contributed by atoms with van der Waals surface area (Å²) in [7, 11) is 0. The molecule has 1 saturated carbocycles. The number of benzene rings is 1. The van der Waals surface area contributed by atoms with E-state index < -0.39 is 0 Å². The van der Waals surface area contributed by atoms with E-state index >= 15 is 0 Å². The molecule has 0 heterocycles. The van der Waals surface area contributed by atoms with Crippen molar-refractivity contribution in [3.8, 4) is 5.75 Å². The fourth-order valence-corrected chi connectivity index (χ4v) is 1.86. The zero-order chi connectivity index (χ0) is 14.4. The van der Waals surface area contributed by atoms with E-state index in [1.165, 1.54) is 25.0 Å². The van der Waals surface area contributed by atoms with Crippen molar-refractivity contribution in [3.05, 3.63) is 29.6 Å². The summed E-state index contributed by atoms with van der Waals surface area (Å²) in [6, 6.07) is 4.51. The quantitative estimate of drug-likeness (QED) is 0.764. The first-order valence-corrected chi connectivity index (χ1v) is 7.07. The molecule has 2 rings (SSSR count). The van der Waals surface area contributed by atoms with Gasteiger partial charge in [0.1, 0.15) is 11.6 Å². The van der Waals surface area contributed by atoms with Crippen LogP contribution in [-0.4, -0.2) is 25.6 Å². The van der Waals surface area contributed by atoms with Crippen molar-refractivity contribution in [2.75, 3.05) is 19.7 Å². The van der Waals surface area contributed by atoms with E-state index in [4.69, 9.17) is 4.74 Å². The molecule has 0 saturated heterocycles. The van der Waals surface area contributed by atoms with Crippen LogP contribution in [-0.2, 0) is 11.3 Å². The second kappa shape index (κ2) is 7.24. The Bertz CT molecular complexity index is 461. The molecule has 0 unspecified atom stereocenters. The van der Waals surface area contributed by atoms with Crippen molar-refractivity contribution in [1.29, 1.82) is 0 Å². The van der Waals surface area contributed by atoms with Crippen LogP contribution >= 0.6 is 0 Å². The van der Waals surface area contributed by atoms with Gasteiger partial charge in [-0.1, -0.05) is 6.92 Å². The zero-order valence-corrected chi connectivity index (χ0v) is 11.7. The minimum Gasteiger partial charge on any atom is -0.484 e. The zero-order valence-electron chi connectivity index (χ0n) is 11.7.